The molecule has 1 nitrogen and oxygen atoms in total. The van der Waals surface area contributed by atoms with Crippen LogP contribution in [0.1, 0.15) is 40.2 Å². The summed E-state index contributed by atoms with van der Waals surface area (Å²) in [4.78, 5) is 0. The van der Waals surface area contributed by atoms with E-state index in [0.29, 0.717) is 6.61 Å². The molecule has 110 valence electrons. The van der Waals surface area contributed by atoms with E-state index in [0.717, 1.165) is 12.2 Å². The standard InChI is InChI=1S/C15H20O.C2H6.C2H2/c1-4-6-9-14-10-7-8-11-15(14)16-12-13(3)5-2;2*1-2/h4-8,10-11H,9,12H2,1-3H3;1-2H3;1-2H/b6-4-,13-5-;;. The second kappa shape index (κ2) is 15.1. The monoisotopic (exact) mass is 272 g/mol. The van der Waals surface area contributed by atoms with Crippen molar-refractivity contribution >= 4 is 0 Å². The summed E-state index contributed by atoms with van der Waals surface area (Å²) >= 11 is 0. The maximum atomic E-state index is 5.78. The highest BCUT2D eigenvalue weighted by Gasteiger charge is 2.00. The molecule has 0 atom stereocenters. The summed E-state index contributed by atoms with van der Waals surface area (Å²) in [5.41, 5.74) is 2.49. The Morgan fingerprint density at radius 1 is 1.15 bits per heavy atom. The number of benzene rings is 1. The van der Waals surface area contributed by atoms with Crippen LogP contribution in [0, 0.1) is 12.8 Å². The number of hydrogen-bond donors (Lipinski definition) is 0. The van der Waals surface area contributed by atoms with Crippen LogP contribution < -0.4 is 4.74 Å². The first kappa shape index (κ1) is 20.4. The highest BCUT2D eigenvalue weighted by Crippen LogP contribution is 2.19. The second-order valence-electron chi connectivity index (χ2n) is 3.80. The summed E-state index contributed by atoms with van der Waals surface area (Å²) in [5, 5.41) is 0. The minimum absolute atomic E-state index is 0.670. The molecule has 1 heteroatoms. The maximum Gasteiger partial charge on any atom is 0.123 e. The van der Waals surface area contributed by atoms with Crippen LogP contribution >= 0.6 is 0 Å². The van der Waals surface area contributed by atoms with Crippen molar-refractivity contribution in [3.63, 3.8) is 0 Å². The van der Waals surface area contributed by atoms with Crippen LogP contribution in [0.4, 0.5) is 0 Å². The number of terminal acetylenes is 1. The van der Waals surface area contributed by atoms with E-state index < -0.39 is 0 Å². The van der Waals surface area contributed by atoms with Crippen LogP contribution in [0.2, 0.25) is 0 Å². The Kier molecular flexibility index (Phi) is 15.4. The fraction of sp³-hybridized carbons (Fsp3) is 0.368. The van der Waals surface area contributed by atoms with E-state index in [2.05, 4.69) is 44.1 Å². The molecule has 0 radical (unpaired) electrons. The van der Waals surface area contributed by atoms with Gasteiger partial charge in [0.25, 0.3) is 0 Å². The van der Waals surface area contributed by atoms with E-state index in [1.165, 1.54) is 11.1 Å². The van der Waals surface area contributed by atoms with Crippen molar-refractivity contribution in [3.05, 3.63) is 53.6 Å². The molecule has 0 aliphatic rings. The van der Waals surface area contributed by atoms with E-state index >= 15 is 0 Å². The van der Waals surface area contributed by atoms with Gasteiger partial charge in [-0.15, -0.1) is 12.8 Å². The third-order valence-electron chi connectivity index (χ3n) is 2.49. The lowest BCUT2D eigenvalue weighted by Crippen LogP contribution is -2.00. The molecule has 0 amide bonds. The minimum atomic E-state index is 0.670. The molecule has 0 saturated heterocycles. The molecule has 0 heterocycles. The molecule has 20 heavy (non-hydrogen) atoms. The second-order valence-corrected chi connectivity index (χ2v) is 3.80. The van der Waals surface area contributed by atoms with Crippen molar-refractivity contribution in [2.75, 3.05) is 6.61 Å². The molecule has 0 aliphatic carbocycles. The fourth-order valence-corrected chi connectivity index (χ4v) is 1.33. The van der Waals surface area contributed by atoms with Gasteiger partial charge >= 0.3 is 0 Å². The molecule has 0 bridgehead atoms. The number of rotatable bonds is 5. The van der Waals surface area contributed by atoms with Crippen LogP contribution in [0.15, 0.2) is 48.1 Å². The topological polar surface area (TPSA) is 9.23 Å². The zero-order chi connectivity index (χ0) is 15.8. The summed E-state index contributed by atoms with van der Waals surface area (Å²) in [6, 6.07) is 8.20. The molecular weight excluding hydrogens is 244 g/mol. The molecule has 0 fully saturated rings. The van der Waals surface area contributed by atoms with Crippen molar-refractivity contribution in [3.8, 4) is 18.6 Å². The van der Waals surface area contributed by atoms with Crippen LogP contribution in [0.3, 0.4) is 0 Å². The van der Waals surface area contributed by atoms with Gasteiger partial charge in [0.15, 0.2) is 0 Å². The molecule has 1 rings (SSSR count). The van der Waals surface area contributed by atoms with Crippen molar-refractivity contribution in [1.82, 2.24) is 0 Å². The Bertz CT molecular complexity index is 411. The minimum Gasteiger partial charge on any atom is -0.489 e. The van der Waals surface area contributed by atoms with Crippen LogP contribution in [-0.4, -0.2) is 6.61 Å². The summed E-state index contributed by atoms with van der Waals surface area (Å²) in [6.45, 7) is 10.8. The van der Waals surface area contributed by atoms with Crippen LogP contribution in [0.25, 0.3) is 0 Å². The molecule has 0 spiro atoms. The van der Waals surface area contributed by atoms with Gasteiger partial charge in [0.1, 0.15) is 12.4 Å². The van der Waals surface area contributed by atoms with Gasteiger partial charge < -0.3 is 4.74 Å². The van der Waals surface area contributed by atoms with E-state index in [1.807, 2.05) is 45.9 Å². The Hall–Kier alpha value is -1.94. The first-order chi connectivity index (χ1) is 9.77. The zero-order valence-corrected chi connectivity index (χ0v) is 13.5. The predicted octanol–water partition coefficient (Wildman–Crippen LogP) is 5.43. The Balaban J connectivity index is 0. The maximum absolute atomic E-state index is 5.78. The van der Waals surface area contributed by atoms with Crippen molar-refractivity contribution < 1.29 is 4.74 Å². The lowest BCUT2D eigenvalue weighted by molar-refractivity contribution is 0.349. The number of allylic oxidation sites excluding steroid dienone is 3. The fourth-order valence-electron chi connectivity index (χ4n) is 1.33. The van der Waals surface area contributed by atoms with Gasteiger partial charge in [-0.2, -0.15) is 0 Å². The van der Waals surface area contributed by atoms with Gasteiger partial charge in [-0.05, 0) is 44.4 Å². The van der Waals surface area contributed by atoms with Gasteiger partial charge in [0.05, 0.1) is 0 Å². The van der Waals surface area contributed by atoms with Gasteiger partial charge in [-0.3, -0.25) is 0 Å². The van der Waals surface area contributed by atoms with Gasteiger partial charge in [-0.1, -0.05) is 50.3 Å². The van der Waals surface area contributed by atoms with E-state index in [9.17, 15) is 0 Å². The molecule has 0 aromatic heterocycles. The van der Waals surface area contributed by atoms with Crippen LogP contribution in [-0.2, 0) is 6.42 Å². The van der Waals surface area contributed by atoms with Gasteiger partial charge in [0.2, 0.25) is 0 Å². The normalized spacial score (nSPS) is 10.1. The number of ether oxygens (including phenoxy) is 1. The Morgan fingerprint density at radius 3 is 2.30 bits per heavy atom. The summed E-state index contributed by atoms with van der Waals surface area (Å²) in [5.74, 6) is 0.988. The average Bonchev–Trinajstić information content (AvgIpc) is 2.55. The lowest BCUT2D eigenvalue weighted by atomic mass is 10.1. The summed E-state index contributed by atoms with van der Waals surface area (Å²) in [7, 11) is 0. The smallest absolute Gasteiger partial charge is 0.123 e. The first-order valence-corrected chi connectivity index (χ1v) is 7.05. The molecule has 0 N–H and O–H groups in total. The molecule has 0 aliphatic heterocycles. The van der Waals surface area contributed by atoms with E-state index in [-0.39, 0.29) is 0 Å². The SMILES string of the molecule is C#C.C/C=C\Cc1ccccc1OC/C(C)=C\C.CC. The summed E-state index contributed by atoms with van der Waals surface area (Å²) < 4.78 is 5.78. The molecule has 1 aromatic rings. The molecular formula is C19H28O. The van der Waals surface area contributed by atoms with Crippen LogP contribution in [0.5, 0.6) is 5.75 Å². The lowest BCUT2D eigenvalue weighted by Gasteiger charge is -2.10. The van der Waals surface area contributed by atoms with Crippen molar-refractivity contribution in [2.24, 2.45) is 0 Å². The van der Waals surface area contributed by atoms with Gasteiger partial charge in [0, 0.05) is 0 Å². The quantitative estimate of drug-likeness (QED) is 0.513. The average molecular weight is 272 g/mol. The highest BCUT2D eigenvalue weighted by molar-refractivity contribution is 5.35. The zero-order valence-electron chi connectivity index (χ0n) is 13.5. The van der Waals surface area contributed by atoms with E-state index in [1.54, 1.807) is 0 Å². The predicted molar refractivity (Wildman–Crippen MR) is 91.1 cm³/mol. The van der Waals surface area contributed by atoms with E-state index in [4.69, 9.17) is 4.74 Å². The third-order valence-corrected chi connectivity index (χ3v) is 2.49. The molecule has 0 saturated carbocycles. The number of hydrogen-bond acceptors (Lipinski definition) is 1. The highest BCUT2D eigenvalue weighted by atomic mass is 16.5. The largest absolute Gasteiger partial charge is 0.489 e. The van der Waals surface area contributed by atoms with Crippen molar-refractivity contribution in [1.29, 1.82) is 0 Å². The molecule has 1 aromatic carbocycles. The van der Waals surface area contributed by atoms with Gasteiger partial charge in [-0.25, -0.2) is 0 Å². The molecule has 0 unspecified atom stereocenters. The Labute approximate surface area is 125 Å². The summed E-state index contributed by atoms with van der Waals surface area (Å²) in [6.07, 6.45) is 15.2. The Morgan fingerprint density at radius 2 is 1.75 bits per heavy atom. The third kappa shape index (κ3) is 9.05. The number of para-hydroxylation sites is 1. The van der Waals surface area contributed by atoms with Crippen molar-refractivity contribution in [2.45, 2.75) is 41.0 Å². The first-order valence-electron chi connectivity index (χ1n) is 7.05.